The van der Waals surface area contributed by atoms with Crippen molar-refractivity contribution in [1.82, 2.24) is 24.6 Å². The van der Waals surface area contributed by atoms with Crippen molar-refractivity contribution in [2.45, 2.75) is 23.8 Å². The van der Waals surface area contributed by atoms with Gasteiger partial charge in [0.25, 0.3) is 5.91 Å². The fourth-order valence-electron chi connectivity index (χ4n) is 3.98. The number of para-hydroxylation sites is 1. The zero-order chi connectivity index (χ0) is 22.6. The Kier molecular flexibility index (Phi) is 6.17. The number of hydrogen-bond donors (Lipinski definition) is 0. The fraction of sp³-hybridized carbons (Fsp3) is 0.200. The molecule has 1 aliphatic rings. The molecule has 0 atom stereocenters. The first-order chi connectivity index (χ1) is 16.2. The van der Waals surface area contributed by atoms with Crippen LogP contribution in [-0.2, 0) is 5.75 Å². The molecule has 4 aromatic rings. The molecule has 2 aromatic heterocycles. The van der Waals surface area contributed by atoms with Gasteiger partial charge in [-0.25, -0.2) is 4.39 Å². The number of aromatic nitrogens is 4. The van der Waals surface area contributed by atoms with Crippen LogP contribution in [0.4, 0.5) is 4.39 Å². The SMILES string of the molecule is O=C(c1ccccc1CSc1nnc(-c2cccnc2)n1-c1ccccc1F)N1CCCC1. The number of hydrogen-bond acceptors (Lipinski definition) is 5. The van der Waals surface area contributed by atoms with E-state index in [0.29, 0.717) is 28.0 Å². The van der Waals surface area contributed by atoms with Gasteiger partial charge in [-0.2, -0.15) is 0 Å². The van der Waals surface area contributed by atoms with E-state index >= 15 is 0 Å². The molecule has 166 valence electrons. The maximum atomic E-state index is 14.8. The Morgan fingerprint density at radius 2 is 1.76 bits per heavy atom. The van der Waals surface area contributed by atoms with Gasteiger partial charge < -0.3 is 4.90 Å². The third-order valence-electron chi connectivity index (χ3n) is 5.64. The van der Waals surface area contributed by atoms with Crippen molar-refractivity contribution in [3.05, 3.63) is 90.0 Å². The molecule has 0 bridgehead atoms. The largest absolute Gasteiger partial charge is 0.339 e. The van der Waals surface area contributed by atoms with Gasteiger partial charge in [0.1, 0.15) is 5.82 Å². The van der Waals surface area contributed by atoms with Crippen molar-refractivity contribution in [1.29, 1.82) is 0 Å². The Labute approximate surface area is 195 Å². The Morgan fingerprint density at radius 1 is 0.970 bits per heavy atom. The number of likely N-dealkylation sites (tertiary alicyclic amines) is 1. The van der Waals surface area contributed by atoms with Crippen LogP contribution >= 0.6 is 11.8 Å². The number of thioether (sulfide) groups is 1. The predicted molar refractivity (Wildman–Crippen MR) is 126 cm³/mol. The van der Waals surface area contributed by atoms with Crippen molar-refractivity contribution in [3.8, 4) is 17.1 Å². The maximum absolute atomic E-state index is 14.8. The highest BCUT2D eigenvalue weighted by Crippen LogP contribution is 2.31. The normalized spacial score (nSPS) is 13.4. The molecule has 6 nitrogen and oxygen atoms in total. The zero-order valence-corrected chi connectivity index (χ0v) is 18.7. The molecule has 0 radical (unpaired) electrons. The number of halogens is 1. The number of amides is 1. The number of benzene rings is 2. The van der Waals surface area contributed by atoms with E-state index in [1.54, 1.807) is 35.2 Å². The standard InChI is InChI=1S/C25H22FN5OS/c26-21-11-3-4-12-22(21)31-23(18-9-7-13-27-16-18)28-29-25(31)33-17-19-8-1-2-10-20(19)24(32)30-14-5-6-15-30/h1-4,7-13,16H,5-6,14-15,17H2. The van der Waals surface area contributed by atoms with E-state index in [1.165, 1.54) is 17.8 Å². The number of pyridine rings is 1. The summed E-state index contributed by atoms with van der Waals surface area (Å²) in [5.74, 6) is 0.719. The zero-order valence-electron chi connectivity index (χ0n) is 17.9. The average molecular weight is 460 g/mol. The molecule has 0 saturated carbocycles. The molecule has 0 aliphatic carbocycles. The summed E-state index contributed by atoms with van der Waals surface area (Å²) in [6.07, 6.45) is 5.45. The van der Waals surface area contributed by atoms with E-state index in [9.17, 15) is 9.18 Å². The quantitative estimate of drug-likeness (QED) is 0.380. The smallest absolute Gasteiger partial charge is 0.254 e. The van der Waals surface area contributed by atoms with Crippen molar-refractivity contribution in [3.63, 3.8) is 0 Å². The monoisotopic (exact) mass is 459 g/mol. The lowest BCUT2D eigenvalue weighted by Crippen LogP contribution is -2.28. The molecule has 2 aromatic carbocycles. The summed E-state index contributed by atoms with van der Waals surface area (Å²) in [6.45, 7) is 1.60. The minimum Gasteiger partial charge on any atom is -0.339 e. The van der Waals surface area contributed by atoms with Gasteiger partial charge in [0.05, 0.1) is 5.69 Å². The first kappa shape index (κ1) is 21.3. The van der Waals surface area contributed by atoms with Crippen molar-refractivity contribution >= 4 is 17.7 Å². The third-order valence-corrected chi connectivity index (χ3v) is 6.62. The minimum absolute atomic E-state index is 0.0651. The van der Waals surface area contributed by atoms with Gasteiger partial charge in [-0.15, -0.1) is 10.2 Å². The Hall–Kier alpha value is -3.52. The Balaban J connectivity index is 1.49. The summed E-state index contributed by atoms with van der Waals surface area (Å²) in [5, 5.41) is 9.25. The van der Waals surface area contributed by atoms with Gasteiger partial charge in [-0.05, 0) is 48.7 Å². The lowest BCUT2D eigenvalue weighted by atomic mass is 10.1. The van der Waals surface area contributed by atoms with Crippen molar-refractivity contribution < 1.29 is 9.18 Å². The van der Waals surface area contributed by atoms with Crippen LogP contribution in [0.3, 0.4) is 0 Å². The van der Waals surface area contributed by atoms with Gasteiger partial charge in [0, 0.05) is 42.4 Å². The Bertz CT molecular complexity index is 1270. The number of rotatable bonds is 6. The molecule has 1 aliphatic heterocycles. The van der Waals surface area contributed by atoms with E-state index in [4.69, 9.17) is 0 Å². The first-order valence-corrected chi connectivity index (χ1v) is 11.8. The molecule has 1 amide bonds. The predicted octanol–water partition coefficient (Wildman–Crippen LogP) is 5.00. The first-order valence-electron chi connectivity index (χ1n) is 10.8. The van der Waals surface area contributed by atoms with Crippen LogP contribution in [-0.4, -0.2) is 43.6 Å². The van der Waals surface area contributed by atoms with Crippen LogP contribution in [0.2, 0.25) is 0 Å². The molecular formula is C25H22FN5OS. The average Bonchev–Trinajstić information content (AvgIpc) is 3.54. The van der Waals surface area contributed by atoms with Gasteiger partial charge in [0.15, 0.2) is 11.0 Å². The van der Waals surface area contributed by atoms with Crippen LogP contribution in [0, 0.1) is 5.82 Å². The summed E-state index contributed by atoms with van der Waals surface area (Å²) in [5.41, 5.74) is 2.73. The van der Waals surface area contributed by atoms with Gasteiger partial charge in [-0.1, -0.05) is 42.1 Å². The molecule has 33 heavy (non-hydrogen) atoms. The van der Waals surface area contributed by atoms with Crippen LogP contribution in [0.25, 0.3) is 17.1 Å². The molecule has 0 spiro atoms. The van der Waals surface area contributed by atoms with E-state index in [-0.39, 0.29) is 11.7 Å². The van der Waals surface area contributed by atoms with E-state index < -0.39 is 0 Å². The van der Waals surface area contributed by atoms with Crippen LogP contribution < -0.4 is 0 Å². The molecular weight excluding hydrogens is 437 g/mol. The second-order valence-corrected chi connectivity index (χ2v) is 8.72. The third kappa shape index (κ3) is 4.39. The summed E-state index contributed by atoms with van der Waals surface area (Å²) >= 11 is 1.42. The van der Waals surface area contributed by atoms with Gasteiger partial charge >= 0.3 is 0 Å². The van der Waals surface area contributed by atoms with E-state index in [0.717, 1.165) is 37.1 Å². The number of carbonyl (C=O) groups excluding carboxylic acids is 1. The van der Waals surface area contributed by atoms with Crippen LogP contribution in [0.1, 0.15) is 28.8 Å². The van der Waals surface area contributed by atoms with Crippen LogP contribution in [0.5, 0.6) is 0 Å². The summed E-state index contributed by atoms with van der Waals surface area (Å²) in [6, 6.07) is 17.9. The van der Waals surface area contributed by atoms with E-state index in [1.807, 2.05) is 41.3 Å². The molecule has 8 heteroatoms. The van der Waals surface area contributed by atoms with Crippen LogP contribution in [0.15, 0.2) is 78.2 Å². The van der Waals surface area contributed by atoms with E-state index in [2.05, 4.69) is 15.2 Å². The topological polar surface area (TPSA) is 63.9 Å². The maximum Gasteiger partial charge on any atom is 0.254 e. The number of carbonyl (C=O) groups is 1. The highest BCUT2D eigenvalue weighted by atomic mass is 32.2. The van der Waals surface area contributed by atoms with Gasteiger partial charge in [-0.3, -0.25) is 14.3 Å². The summed E-state index contributed by atoms with van der Waals surface area (Å²) in [4.78, 5) is 19.1. The second-order valence-electron chi connectivity index (χ2n) is 7.78. The summed E-state index contributed by atoms with van der Waals surface area (Å²) < 4.78 is 16.5. The highest BCUT2D eigenvalue weighted by Gasteiger charge is 2.23. The number of nitrogens with zero attached hydrogens (tertiary/aromatic N) is 5. The minimum atomic E-state index is -0.367. The Morgan fingerprint density at radius 3 is 2.55 bits per heavy atom. The molecule has 0 N–H and O–H groups in total. The summed E-state index contributed by atoms with van der Waals surface area (Å²) in [7, 11) is 0. The second kappa shape index (κ2) is 9.54. The lowest BCUT2D eigenvalue weighted by molar-refractivity contribution is 0.0792. The molecule has 5 rings (SSSR count). The van der Waals surface area contributed by atoms with Gasteiger partial charge in [0.2, 0.25) is 0 Å². The van der Waals surface area contributed by atoms with Crippen molar-refractivity contribution in [2.75, 3.05) is 13.1 Å². The van der Waals surface area contributed by atoms with Crippen molar-refractivity contribution in [2.24, 2.45) is 0 Å². The molecule has 1 saturated heterocycles. The molecule has 0 unspecified atom stereocenters. The lowest BCUT2D eigenvalue weighted by Gasteiger charge is -2.17. The fourth-order valence-corrected chi connectivity index (χ4v) is 4.93. The molecule has 3 heterocycles. The molecule has 1 fully saturated rings. The highest BCUT2D eigenvalue weighted by molar-refractivity contribution is 7.98.